The van der Waals surface area contributed by atoms with E-state index in [1.165, 1.54) is 88.4 Å². The van der Waals surface area contributed by atoms with E-state index in [0.717, 1.165) is 0 Å². The normalized spacial score (nSPS) is 10.9. The second-order valence-electron chi connectivity index (χ2n) is 6.12. The van der Waals surface area contributed by atoms with Crippen molar-refractivity contribution in [1.29, 1.82) is 0 Å². The van der Waals surface area contributed by atoms with E-state index >= 15 is 0 Å². The summed E-state index contributed by atoms with van der Waals surface area (Å²) in [4.78, 5) is 8.56. The Bertz CT molecular complexity index is 228. The van der Waals surface area contributed by atoms with Gasteiger partial charge in [-0.05, 0) is 33.6 Å². The SMILES string of the molecule is CCCCCCCCCCC[N+](CC)(CC)CC.O=C(O)O. The Morgan fingerprint density at radius 2 is 1.00 bits per heavy atom. The molecule has 4 heteroatoms. The molecule has 4 nitrogen and oxygen atoms in total. The number of unbranched alkanes of at least 4 members (excludes halogenated alkanes) is 8. The van der Waals surface area contributed by atoms with E-state index in [1.54, 1.807) is 0 Å². The van der Waals surface area contributed by atoms with Crippen molar-refractivity contribution in [3.05, 3.63) is 0 Å². The van der Waals surface area contributed by atoms with Crippen LogP contribution in [0.15, 0.2) is 0 Å². The van der Waals surface area contributed by atoms with Crippen LogP contribution in [-0.2, 0) is 0 Å². The van der Waals surface area contributed by atoms with Gasteiger partial charge in [0.15, 0.2) is 0 Å². The third-order valence-electron chi connectivity index (χ3n) is 4.75. The molecule has 0 spiro atoms. The lowest BCUT2D eigenvalue weighted by molar-refractivity contribution is -0.923. The molecule has 0 saturated carbocycles. The number of carbonyl (C=O) groups is 1. The van der Waals surface area contributed by atoms with E-state index < -0.39 is 6.16 Å². The molecule has 0 fully saturated rings. The van der Waals surface area contributed by atoms with Crippen molar-refractivity contribution in [2.45, 2.75) is 85.5 Å². The molecule has 0 aromatic carbocycles. The van der Waals surface area contributed by atoms with Gasteiger partial charge >= 0.3 is 6.16 Å². The van der Waals surface area contributed by atoms with E-state index in [-0.39, 0.29) is 0 Å². The van der Waals surface area contributed by atoms with Crippen LogP contribution in [0.2, 0.25) is 0 Å². The third-order valence-corrected chi connectivity index (χ3v) is 4.75. The van der Waals surface area contributed by atoms with E-state index in [2.05, 4.69) is 27.7 Å². The fraction of sp³-hybridized carbons (Fsp3) is 0.944. The fourth-order valence-electron chi connectivity index (χ4n) is 2.90. The number of nitrogens with zero attached hydrogens (tertiary/aromatic N) is 1. The zero-order chi connectivity index (χ0) is 17.3. The third kappa shape index (κ3) is 15.6. The van der Waals surface area contributed by atoms with Crippen LogP contribution in [0.4, 0.5) is 4.79 Å². The molecule has 0 saturated heterocycles. The molecule has 0 aromatic heterocycles. The molecule has 0 aromatic rings. The highest BCUT2D eigenvalue weighted by Gasteiger charge is 2.19. The van der Waals surface area contributed by atoms with Crippen LogP contribution in [0.1, 0.15) is 85.5 Å². The number of hydrogen-bond acceptors (Lipinski definition) is 1. The standard InChI is InChI=1S/C17H38N.CH2O3/c1-5-9-10-11-12-13-14-15-16-17-18(6-2,7-3)8-4;2-1(3)4/h5-17H2,1-4H3;(H2,2,3,4)/q+1;. The van der Waals surface area contributed by atoms with Crippen molar-refractivity contribution in [3.63, 3.8) is 0 Å². The molecule has 0 radical (unpaired) electrons. The first-order valence-electron chi connectivity index (χ1n) is 9.24. The largest absolute Gasteiger partial charge is 0.503 e. The maximum Gasteiger partial charge on any atom is 0.503 e. The number of hydrogen-bond donors (Lipinski definition) is 2. The summed E-state index contributed by atoms with van der Waals surface area (Å²) in [6.07, 6.45) is 11.2. The summed E-state index contributed by atoms with van der Waals surface area (Å²) in [7, 11) is 0. The van der Waals surface area contributed by atoms with Gasteiger partial charge in [0.05, 0.1) is 26.2 Å². The highest BCUT2D eigenvalue weighted by atomic mass is 16.6. The van der Waals surface area contributed by atoms with Crippen LogP contribution in [0.3, 0.4) is 0 Å². The van der Waals surface area contributed by atoms with Crippen molar-refractivity contribution in [2.24, 2.45) is 0 Å². The predicted octanol–water partition coefficient (Wildman–Crippen LogP) is 5.62. The summed E-state index contributed by atoms with van der Waals surface area (Å²) < 4.78 is 1.33. The van der Waals surface area contributed by atoms with Gasteiger partial charge in [-0.15, -0.1) is 0 Å². The van der Waals surface area contributed by atoms with E-state index in [4.69, 9.17) is 15.0 Å². The highest BCUT2D eigenvalue weighted by molar-refractivity contribution is 5.53. The van der Waals surface area contributed by atoms with Crippen molar-refractivity contribution in [2.75, 3.05) is 26.2 Å². The van der Waals surface area contributed by atoms with Crippen LogP contribution < -0.4 is 0 Å². The second-order valence-corrected chi connectivity index (χ2v) is 6.12. The molecule has 0 aliphatic heterocycles. The first-order valence-corrected chi connectivity index (χ1v) is 9.24. The Morgan fingerprint density at radius 1 is 0.682 bits per heavy atom. The molecule has 0 rings (SSSR count). The van der Waals surface area contributed by atoms with E-state index in [0.29, 0.717) is 0 Å². The zero-order valence-corrected chi connectivity index (χ0v) is 15.4. The van der Waals surface area contributed by atoms with Gasteiger partial charge in [-0.2, -0.15) is 0 Å². The van der Waals surface area contributed by atoms with E-state index in [9.17, 15) is 0 Å². The van der Waals surface area contributed by atoms with Crippen LogP contribution >= 0.6 is 0 Å². The molecule has 22 heavy (non-hydrogen) atoms. The minimum atomic E-state index is -1.83. The molecular formula is C18H40NO3+. The predicted molar refractivity (Wildman–Crippen MR) is 94.6 cm³/mol. The Balaban J connectivity index is 0. The van der Waals surface area contributed by atoms with Crippen LogP contribution in [0.5, 0.6) is 0 Å². The molecule has 2 N–H and O–H groups in total. The van der Waals surface area contributed by atoms with Gasteiger partial charge in [0.1, 0.15) is 0 Å². The van der Waals surface area contributed by atoms with Gasteiger partial charge in [-0.3, -0.25) is 0 Å². The summed E-state index contributed by atoms with van der Waals surface area (Å²) >= 11 is 0. The molecule has 134 valence electrons. The van der Waals surface area contributed by atoms with Crippen LogP contribution in [0.25, 0.3) is 0 Å². The minimum Gasteiger partial charge on any atom is -0.450 e. The van der Waals surface area contributed by atoms with Crippen LogP contribution in [-0.4, -0.2) is 47.0 Å². The van der Waals surface area contributed by atoms with Crippen molar-refractivity contribution in [1.82, 2.24) is 0 Å². The fourth-order valence-corrected chi connectivity index (χ4v) is 2.90. The van der Waals surface area contributed by atoms with Crippen molar-refractivity contribution in [3.8, 4) is 0 Å². The molecular weight excluding hydrogens is 278 g/mol. The zero-order valence-electron chi connectivity index (χ0n) is 15.4. The first-order chi connectivity index (χ1) is 10.5. The first kappa shape index (κ1) is 23.5. The maximum absolute atomic E-state index is 8.56. The summed E-state index contributed by atoms with van der Waals surface area (Å²) in [5, 5.41) is 13.9. The van der Waals surface area contributed by atoms with Gasteiger partial charge in [0.25, 0.3) is 0 Å². The molecule has 0 amide bonds. The van der Waals surface area contributed by atoms with Gasteiger partial charge in [0, 0.05) is 0 Å². The molecule has 0 bridgehead atoms. The average molecular weight is 319 g/mol. The summed E-state index contributed by atoms with van der Waals surface area (Å²) in [6, 6.07) is 0. The lowest BCUT2D eigenvalue weighted by atomic mass is 10.1. The molecule has 0 unspecified atom stereocenters. The van der Waals surface area contributed by atoms with Crippen LogP contribution in [0, 0.1) is 0 Å². The van der Waals surface area contributed by atoms with Crippen molar-refractivity contribution < 1.29 is 19.5 Å². The Labute approximate surface area is 138 Å². The second kappa shape index (κ2) is 16.6. The number of carboxylic acid groups (broad SMARTS) is 2. The van der Waals surface area contributed by atoms with Gasteiger partial charge in [-0.25, -0.2) is 4.79 Å². The summed E-state index contributed by atoms with van der Waals surface area (Å²) in [5.74, 6) is 0. The Morgan fingerprint density at radius 3 is 1.32 bits per heavy atom. The van der Waals surface area contributed by atoms with Gasteiger partial charge < -0.3 is 14.7 Å². The monoisotopic (exact) mass is 318 g/mol. The lowest BCUT2D eigenvalue weighted by Crippen LogP contribution is -2.48. The minimum absolute atomic E-state index is 1.31. The van der Waals surface area contributed by atoms with Crippen molar-refractivity contribution >= 4 is 6.16 Å². The highest BCUT2D eigenvalue weighted by Crippen LogP contribution is 2.13. The smallest absolute Gasteiger partial charge is 0.450 e. The lowest BCUT2D eigenvalue weighted by Gasteiger charge is -2.35. The molecule has 0 aliphatic carbocycles. The summed E-state index contributed by atoms with van der Waals surface area (Å²) in [5.41, 5.74) is 0. The molecule has 0 heterocycles. The quantitative estimate of drug-likeness (QED) is 0.342. The average Bonchev–Trinajstić information content (AvgIpc) is 2.50. The van der Waals surface area contributed by atoms with E-state index in [1.807, 2.05) is 0 Å². The molecule has 0 atom stereocenters. The van der Waals surface area contributed by atoms with Gasteiger partial charge in [0.2, 0.25) is 0 Å². The Kier molecular flexibility index (Phi) is 17.7. The maximum atomic E-state index is 8.56. The molecule has 0 aliphatic rings. The summed E-state index contributed by atoms with van der Waals surface area (Å²) in [6.45, 7) is 14.7. The Hall–Kier alpha value is -0.770. The topological polar surface area (TPSA) is 57.5 Å². The van der Waals surface area contributed by atoms with Gasteiger partial charge in [-0.1, -0.05) is 51.9 Å². The number of quaternary nitrogens is 1. The number of rotatable bonds is 13.